The van der Waals surface area contributed by atoms with Crippen LogP contribution in [-0.2, 0) is 0 Å². The molecule has 0 aromatic heterocycles. The van der Waals surface area contributed by atoms with Crippen LogP contribution in [0, 0.1) is 5.92 Å². The molecule has 60 valence electrons. The summed E-state index contributed by atoms with van der Waals surface area (Å²) in [6, 6.07) is 0. The van der Waals surface area contributed by atoms with Crippen molar-refractivity contribution < 1.29 is 5.11 Å². The van der Waals surface area contributed by atoms with Gasteiger partial charge in [0.05, 0.1) is 6.61 Å². The van der Waals surface area contributed by atoms with Crippen molar-refractivity contribution in [2.24, 2.45) is 5.92 Å². The number of hydrogen-bond acceptors (Lipinski definition) is 1. The highest BCUT2D eigenvalue weighted by molar-refractivity contribution is 5.33. The normalized spacial score (nSPS) is 23.9. The topological polar surface area (TPSA) is 20.2 Å². The van der Waals surface area contributed by atoms with Crippen LogP contribution in [-0.4, -0.2) is 11.7 Å². The molecule has 1 N–H and O–H groups in total. The molecule has 1 nitrogen and oxygen atoms in total. The zero-order valence-electron chi connectivity index (χ0n) is 6.71. The van der Waals surface area contributed by atoms with Crippen molar-refractivity contribution in [2.75, 3.05) is 6.61 Å². The van der Waals surface area contributed by atoms with Gasteiger partial charge in [-0.15, -0.1) is 6.58 Å². The summed E-state index contributed by atoms with van der Waals surface area (Å²) in [5, 5.41) is 9.02. The first-order valence-corrected chi connectivity index (χ1v) is 3.91. The second kappa shape index (κ2) is 3.54. The van der Waals surface area contributed by atoms with E-state index in [0.29, 0.717) is 5.92 Å². The SMILES string of the molecule is C=CC1=C(CO)C(C=C)CC1. The minimum atomic E-state index is 0.151. The fourth-order valence-electron chi connectivity index (χ4n) is 1.60. The highest BCUT2D eigenvalue weighted by atomic mass is 16.3. The Morgan fingerprint density at radius 2 is 2.27 bits per heavy atom. The van der Waals surface area contributed by atoms with Crippen molar-refractivity contribution >= 4 is 0 Å². The van der Waals surface area contributed by atoms with Gasteiger partial charge in [-0.2, -0.15) is 0 Å². The smallest absolute Gasteiger partial charge is 0.0653 e. The maximum atomic E-state index is 9.02. The van der Waals surface area contributed by atoms with Crippen molar-refractivity contribution in [1.82, 2.24) is 0 Å². The van der Waals surface area contributed by atoms with Gasteiger partial charge in [-0.05, 0) is 24.0 Å². The molecule has 1 aliphatic carbocycles. The van der Waals surface area contributed by atoms with E-state index < -0.39 is 0 Å². The summed E-state index contributed by atoms with van der Waals surface area (Å²) in [5.74, 6) is 0.382. The molecule has 0 aromatic carbocycles. The third-order valence-corrected chi connectivity index (χ3v) is 2.29. The monoisotopic (exact) mass is 150 g/mol. The van der Waals surface area contributed by atoms with Gasteiger partial charge in [0.15, 0.2) is 0 Å². The highest BCUT2D eigenvalue weighted by Crippen LogP contribution is 2.32. The molecule has 0 heterocycles. The standard InChI is InChI=1S/C10H14O/c1-3-8-5-6-9(4-2)10(8)7-11/h3-4,8,11H,1-2,5-7H2. The quantitative estimate of drug-likeness (QED) is 0.610. The lowest BCUT2D eigenvalue weighted by molar-refractivity contribution is 0.321. The molecule has 0 aromatic rings. The highest BCUT2D eigenvalue weighted by Gasteiger charge is 2.19. The minimum Gasteiger partial charge on any atom is -0.392 e. The van der Waals surface area contributed by atoms with Gasteiger partial charge >= 0.3 is 0 Å². The Hall–Kier alpha value is -0.820. The van der Waals surface area contributed by atoms with Crippen LogP contribution in [0.1, 0.15) is 12.8 Å². The average Bonchev–Trinajstić information content (AvgIpc) is 2.45. The Labute approximate surface area is 67.7 Å². The number of aliphatic hydroxyl groups is 1. The molecule has 1 heteroatoms. The number of hydrogen-bond donors (Lipinski definition) is 1. The van der Waals surface area contributed by atoms with Crippen molar-refractivity contribution in [2.45, 2.75) is 12.8 Å². The molecule has 0 bridgehead atoms. The van der Waals surface area contributed by atoms with Crippen LogP contribution in [0.3, 0.4) is 0 Å². The lowest BCUT2D eigenvalue weighted by Gasteiger charge is -2.06. The van der Waals surface area contributed by atoms with Gasteiger partial charge in [0, 0.05) is 5.92 Å². The fourth-order valence-corrected chi connectivity index (χ4v) is 1.60. The van der Waals surface area contributed by atoms with Crippen LogP contribution in [0.2, 0.25) is 0 Å². The second-order valence-corrected chi connectivity index (χ2v) is 2.79. The molecule has 0 aliphatic heterocycles. The minimum absolute atomic E-state index is 0.151. The number of rotatable bonds is 3. The summed E-state index contributed by atoms with van der Waals surface area (Å²) in [7, 11) is 0. The lowest BCUT2D eigenvalue weighted by atomic mass is 10.0. The van der Waals surface area contributed by atoms with Gasteiger partial charge < -0.3 is 5.11 Å². The van der Waals surface area contributed by atoms with Crippen LogP contribution >= 0.6 is 0 Å². The lowest BCUT2D eigenvalue weighted by Crippen LogP contribution is -1.99. The largest absolute Gasteiger partial charge is 0.392 e. The third-order valence-electron chi connectivity index (χ3n) is 2.29. The van der Waals surface area contributed by atoms with Crippen molar-refractivity contribution in [3.05, 3.63) is 36.5 Å². The molecule has 1 unspecified atom stereocenters. The first kappa shape index (κ1) is 8.28. The van der Waals surface area contributed by atoms with E-state index in [9.17, 15) is 0 Å². The van der Waals surface area contributed by atoms with Crippen LogP contribution in [0.5, 0.6) is 0 Å². The van der Waals surface area contributed by atoms with Gasteiger partial charge in [0.1, 0.15) is 0 Å². The molecule has 1 aliphatic rings. The molecule has 0 amide bonds. The molecular weight excluding hydrogens is 136 g/mol. The molecular formula is C10H14O. The van der Waals surface area contributed by atoms with Gasteiger partial charge in [0.2, 0.25) is 0 Å². The zero-order chi connectivity index (χ0) is 8.27. The van der Waals surface area contributed by atoms with Crippen LogP contribution in [0.15, 0.2) is 36.5 Å². The van der Waals surface area contributed by atoms with E-state index in [1.165, 1.54) is 5.57 Å². The molecule has 1 rings (SSSR count). The first-order chi connectivity index (χ1) is 5.33. The van der Waals surface area contributed by atoms with Crippen molar-refractivity contribution in [1.29, 1.82) is 0 Å². The Morgan fingerprint density at radius 3 is 2.73 bits per heavy atom. The zero-order valence-corrected chi connectivity index (χ0v) is 6.71. The fraction of sp³-hybridized carbons (Fsp3) is 0.400. The van der Waals surface area contributed by atoms with E-state index in [1.54, 1.807) is 0 Å². The van der Waals surface area contributed by atoms with Crippen molar-refractivity contribution in [3.8, 4) is 0 Å². The van der Waals surface area contributed by atoms with E-state index in [0.717, 1.165) is 18.4 Å². The Kier molecular flexibility index (Phi) is 2.66. The number of allylic oxidation sites excluding steroid dienone is 3. The summed E-state index contributed by atoms with van der Waals surface area (Å²) < 4.78 is 0. The van der Waals surface area contributed by atoms with E-state index >= 15 is 0 Å². The molecule has 0 fully saturated rings. The van der Waals surface area contributed by atoms with Crippen LogP contribution in [0.4, 0.5) is 0 Å². The van der Waals surface area contributed by atoms with Gasteiger partial charge in [-0.1, -0.05) is 18.7 Å². The maximum absolute atomic E-state index is 9.02. The first-order valence-electron chi connectivity index (χ1n) is 3.91. The predicted octanol–water partition coefficient (Wildman–Crippen LogP) is 2.06. The molecule has 0 saturated carbocycles. The van der Waals surface area contributed by atoms with Gasteiger partial charge in [-0.3, -0.25) is 0 Å². The summed E-state index contributed by atoms with van der Waals surface area (Å²) in [5.41, 5.74) is 2.31. The predicted molar refractivity (Wildman–Crippen MR) is 47.2 cm³/mol. The van der Waals surface area contributed by atoms with Crippen molar-refractivity contribution in [3.63, 3.8) is 0 Å². The Morgan fingerprint density at radius 1 is 1.55 bits per heavy atom. The summed E-state index contributed by atoms with van der Waals surface area (Å²) in [6.07, 6.45) is 5.87. The van der Waals surface area contributed by atoms with E-state index in [1.807, 2.05) is 12.2 Å². The molecule has 11 heavy (non-hydrogen) atoms. The van der Waals surface area contributed by atoms with E-state index in [-0.39, 0.29) is 6.61 Å². The molecule has 0 radical (unpaired) electrons. The van der Waals surface area contributed by atoms with Crippen LogP contribution < -0.4 is 0 Å². The van der Waals surface area contributed by atoms with E-state index in [2.05, 4.69) is 13.2 Å². The second-order valence-electron chi connectivity index (χ2n) is 2.79. The Bertz CT molecular complexity index is 201. The molecule has 0 spiro atoms. The molecule has 0 saturated heterocycles. The maximum Gasteiger partial charge on any atom is 0.0653 e. The summed E-state index contributed by atoms with van der Waals surface area (Å²) >= 11 is 0. The molecule has 1 atom stereocenters. The third kappa shape index (κ3) is 1.43. The average molecular weight is 150 g/mol. The van der Waals surface area contributed by atoms with Crippen LogP contribution in [0.25, 0.3) is 0 Å². The van der Waals surface area contributed by atoms with Gasteiger partial charge in [-0.25, -0.2) is 0 Å². The summed E-state index contributed by atoms with van der Waals surface area (Å²) in [4.78, 5) is 0. The summed E-state index contributed by atoms with van der Waals surface area (Å²) in [6.45, 7) is 7.59. The Balaban J connectivity index is 2.86. The number of aliphatic hydroxyl groups excluding tert-OH is 1. The van der Waals surface area contributed by atoms with E-state index in [4.69, 9.17) is 5.11 Å². The van der Waals surface area contributed by atoms with Gasteiger partial charge in [0.25, 0.3) is 0 Å².